The minimum Gasteiger partial charge on any atom is -0.385 e. The lowest BCUT2D eigenvalue weighted by Gasteiger charge is -1.88. The molecule has 8 heavy (non-hydrogen) atoms. The molecule has 1 aliphatic rings. The molecule has 44 valence electrons. The van der Waals surface area contributed by atoms with Gasteiger partial charge in [0, 0.05) is 0 Å². The summed E-state index contributed by atoms with van der Waals surface area (Å²) in [7, 11) is 0. The molecule has 0 aromatic heterocycles. The zero-order chi connectivity index (χ0) is 5.98. The van der Waals surface area contributed by atoms with Crippen LogP contribution in [-0.4, -0.2) is 11.2 Å². The predicted octanol–water partition coefficient (Wildman–Crippen LogP) is 1.25. The average molecular weight is 110 g/mol. The number of hydrogen-bond donors (Lipinski definition) is 1. The maximum Gasteiger partial charge on any atom is 0.0911 e. The highest BCUT2D eigenvalue weighted by Crippen LogP contribution is 2.11. The molecule has 0 saturated carbocycles. The highest BCUT2D eigenvalue weighted by atomic mass is 16.3. The van der Waals surface area contributed by atoms with Crippen LogP contribution in [0.2, 0.25) is 0 Å². The summed E-state index contributed by atoms with van der Waals surface area (Å²) in [6, 6.07) is 0. The molecule has 1 atom stereocenters. The summed E-state index contributed by atoms with van der Waals surface area (Å²) in [6.07, 6.45) is 6.32. The molecule has 0 aliphatic heterocycles. The van der Waals surface area contributed by atoms with Gasteiger partial charge >= 0.3 is 0 Å². The van der Waals surface area contributed by atoms with Gasteiger partial charge < -0.3 is 5.11 Å². The SMILES string of the molecule is CCC1=CC(O)C=C1. The first-order valence-electron chi connectivity index (χ1n) is 2.90. The van der Waals surface area contributed by atoms with Crippen LogP contribution < -0.4 is 0 Å². The van der Waals surface area contributed by atoms with Crippen molar-refractivity contribution in [1.82, 2.24) is 0 Å². The van der Waals surface area contributed by atoms with Gasteiger partial charge in [-0.2, -0.15) is 0 Å². The van der Waals surface area contributed by atoms with Gasteiger partial charge in [0.1, 0.15) is 0 Å². The number of rotatable bonds is 1. The first-order chi connectivity index (χ1) is 3.83. The van der Waals surface area contributed by atoms with E-state index in [1.165, 1.54) is 5.57 Å². The van der Waals surface area contributed by atoms with Gasteiger partial charge in [0.15, 0.2) is 0 Å². The van der Waals surface area contributed by atoms with E-state index in [1.807, 2.05) is 12.2 Å². The van der Waals surface area contributed by atoms with Crippen LogP contribution in [0, 0.1) is 0 Å². The fourth-order valence-electron chi connectivity index (χ4n) is 0.788. The molecule has 0 amide bonds. The summed E-state index contributed by atoms with van der Waals surface area (Å²) in [5.74, 6) is 0. The van der Waals surface area contributed by atoms with Crippen LogP contribution in [0.1, 0.15) is 13.3 Å². The summed E-state index contributed by atoms with van der Waals surface area (Å²) in [4.78, 5) is 0. The quantitative estimate of drug-likeness (QED) is 0.538. The maximum atomic E-state index is 8.87. The molecule has 1 heteroatoms. The Bertz CT molecular complexity index is 133. The normalized spacial score (nSPS) is 26.2. The first-order valence-corrected chi connectivity index (χ1v) is 2.90. The van der Waals surface area contributed by atoms with Crippen LogP contribution >= 0.6 is 0 Å². The molecule has 0 saturated heterocycles. The van der Waals surface area contributed by atoms with E-state index in [1.54, 1.807) is 6.08 Å². The van der Waals surface area contributed by atoms with Crippen molar-refractivity contribution in [3.8, 4) is 0 Å². The Morgan fingerprint density at radius 2 is 2.50 bits per heavy atom. The van der Waals surface area contributed by atoms with Crippen molar-refractivity contribution < 1.29 is 5.11 Å². The fourth-order valence-corrected chi connectivity index (χ4v) is 0.788. The highest BCUT2D eigenvalue weighted by Gasteiger charge is 2.01. The van der Waals surface area contributed by atoms with Crippen molar-refractivity contribution in [3.05, 3.63) is 23.8 Å². The van der Waals surface area contributed by atoms with Gasteiger partial charge in [-0.1, -0.05) is 19.1 Å². The maximum absolute atomic E-state index is 8.87. The van der Waals surface area contributed by atoms with Crippen LogP contribution in [0.4, 0.5) is 0 Å². The van der Waals surface area contributed by atoms with Gasteiger partial charge in [0.25, 0.3) is 0 Å². The van der Waals surface area contributed by atoms with E-state index in [4.69, 9.17) is 5.11 Å². The molecule has 0 aromatic rings. The van der Waals surface area contributed by atoms with Crippen molar-refractivity contribution in [2.75, 3.05) is 0 Å². The molecule has 0 spiro atoms. The van der Waals surface area contributed by atoms with Gasteiger partial charge in [-0.25, -0.2) is 0 Å². The van der Waals surface area contributed by atoms with Crippen molar-refractivity contribution in [2.24, 2.45) is 0 Å². The minimum absolute atomic E-state index is 0.315. The molecule has 0 heterocycles. The molecular formula is C7H10O. The Morgan fingerprint density at radius 3 is 2.75 bits per heavy atom. The largest absolute Gasteiger partial charge is 0.385 e. The molecule has 0 bridgehead atoms. The average Bonchev–Trinajstić information content (AvgIpc) is 2.14. The van der Waals surface area contributed by atoms with Crippen LogP contribution in [0.5, 0.6) is 0 Å². The van der Waals surface area contributed by atoms with E-state index in [2.05, 4.69) is 6.92 Å². The van der Waals surface area contributed by atoms with E-state index in [0.717, 1.165) is 6.42 Å². The van der Waals surface area contributed by atoms with Crippen molar-refractivity contribution in [1.29, 1.82) is 0 Å². The summed E-state index contributed by atoms with van der Waals surface area (Å²) < 4.78 is 0. The zero-order valence-electron chi connectivity index (χ0n) is 4.96. The van der Waals surface area contributed by atoms with Crippen molar-refractivity contribution in [2.45, 2.75) is 19.4 Å². The van der Waals surface area contributed by atoms with E-state index in [0.29, 0.717) is 0 Å². The molecule has 1 unspecified atom stereocenters. The number of aliphatic hydroxyl groups excluding tert-OH is 1. The third kappa shape index (κ3) is 0.984. The van der Waals surface area contributed by atoms with Crippen molar-refractivity contribution in [3.63, 3.8) is 0 Å². The third-order valence-corrected chi connectivity index (χ3v) is 1.30. The first kappa shape index (κ1) is 5.57. The van der Waals surface area contributed by atoms with Crippen LogP contribution in [-0.2, 0) is 0 Å². The lowest BCUT2D eigenvalue weighted by atomic mass is 10.2. The van der Waals surface area contributed by atoms with E-state index in [9.17, 15) is 0 Å². The molecule has 1 N–H and O–H groups in total. The van der Waals surface area contributed by atoms with E-state index >= 15 is 0 Å². The minimum atomic E-state index is -0.315. The molecule has 1 rings (SSSR count). The topological polar surface area (TPSA) is 20.2 Å². The molecular weight excluding hydrogens is 100 g/mol. The smallest absolute Gasteiger partial charge is 0.0911 e. The number of aliphatic hydroxyl groups is 1. The fraction of sp³-hybridized carbons (Fsp3) is 0.429. The summed E-state index contributed by atoms with van der Waals surface area (Å²) in [5, 5.41) is 8.87. The Kier molecular flexibility index (Phi) is 1.49. The van der Waals surface area contributed by atoms with Gasteiger partial charge in [-0.3, -0.25) is 0 Å². The monoisotopic (exact) mass is 110 g/mol. The second-order valence-corrected chi connectivity index (χ2v) is 1.94. The predicted molar refractivity (Wildman–Crippen MR) is 33.5 cm³/mol. The molecule has 0 radical (unpaired) electrons. The van der Waals surface area contributed by atoms with Gasteiger partial charge in [-0.15, -0.1) is 0 Å². The lowest BCUT2D eigenvalue weighted by molar-refractivity contribution is 0.273. The van der Waals surface area contributed by atoms with Gasteiger partial charge in [0.05, 0.1) is 6.10 Å². The zero-order valence-corrected chi connectivity index (χ0v) is 4.96. The second kappa shape index (κ2) is 2.14. The molecule has 0 aromatic carbocycles. The highest BCUT2D eigenvalue weighted by molar-refractivity contribution is 5.29. The Hall–Kier alpha value is -0.560. The summed E-state index contributed by atoms with van der Waals surface area (Å²) in [5.41, 5.74) is 1.23. The van der Waals surface area contributed by atoms with Gasteiger partial charge in [0.2, 0.25) is 0 Å². The number of hydrogen-bond acceptors (Lipinski definition) is 1. The Morgan fingerprint density at radius 1 is 1.75 bits per heavy atom. The second-order valence-electron chi connectivity index (χ2n) is 1.94. The third-order valence-electron chi connectivity index (χ3n) is 1.30. The van der Waals surface area contributed by atoms with Crippen LogP contribution in [0.3, 0.4) is 0 Å². The molecule has 0 fully saturated rings. The lowest BCUT2D eigenvalue weighted by Crippen LogP contribution is -1.90. The molecule has 1 aliphatic carbocycles. The molecule has 1 nitrogen and oxygen atoms in total. The van der Waals surface area contributed by atoms with Crippen molar-refractivity contribution >= 4 is 0 Å². The Labute approximate surface area is 49.3 Å². The summed E-state index contributed by atoms with van der Waals surface area (Å²) in [6.45, 7) is 2.08. The van der Waals surface area contributed by atoms with E-state index < -0.39 is 0 Å². The standard InChI is InChI=1S/C7H10O/c1-2-6-3-4-7(8)5-6/h3-5,7-8H,2H2,1H3. The van der Waals surface area contributed by atoms with E-state index in [-0.39, 0.29) is 6.10 Å². The number of allylic oxidation sites excluding steroid dienone is 2. The summed E-state index contributed by atoms with van der Waals surface area (Å²) >= 11 is 0. The van der Waals surface area contributed by atoms with Crippen LogP contribution in [0.15, 0.2) is 23.8 Å². The Balaban J connectivity index is 2.58. The van der Waals surface area contributed by atoms with Crippen LogP contribution in [0.25, 0.3) is 0 Å². The van der Waals surface area contributed by atoms with Gasteiger partial charge in [-0.05, 0) is 18.1 Å².